The van der Waals surface area contributed by atoms with Crippen LogP contribution in [0.1, 0.15) is 48.8 Å². The molecule has 1 aromatic carbocycles. The van der Waals surface area contributed by atoms with Crippen LogP contribution in [0.25, 0.3) is 0 Å². The molecule has 0 saturated heterocycles. The highest BCUT2D eigenvalue weighted by atomic mass is 35.5. The van der Waals surface area contributed by atoms with E-state index in [0.29, 0.717) is 11.7 Å². The number of hydrogen-bond donors (Lipinski definition) is 0. The second kappa shape index (κ2) is 4.39. The van der Waals surface area contributed by atoms with Crippen LogP contribution in [0.15, 0.2) is 34.9 Å². The summed E-state index contributed by atoms with van der Waals surface area (Å²) in [6.07, 6.45) is 2.94. The Morgan fingerprint density at radius 1 is 1.33 bits per heavy atom. The van der Waals surface area contributed by atoms with Crippen molar-refractivity contribution in [2.75, 3.05) is 0 Å². The highest BCUT2D eigenvalue weighted by Gasteiger charge is 2.50. The van der Waals surface area contributed by atoms with Crippen molar-refractivity contribution in [3.8, 4) is 0 Å². The SMILES string of the molecule is CCC(Cl)c1noc(C2(c3ccccc3)CC2)n1. The molecule has 2 aromatic rings. The van der Waals surface area contributed by atoms with Crippen molar-refractivity contribution in [3.63, 3.8) is 0 Å². The molecule has 1 atom stereocenters. The molecule has 0 aliphatic heterocycles. The molecule has 1 fully saturated rings. The molecular weight excluding hydrogens is 248 g/mol. The summed E-state index contributed by atoms with van der Waals surface area (Å²) in [7, 11) is 0. The Morgan fingerprint density at radius 3 is 2.67 bits per heavy atom. The van der Waals surface area contributed by atoms with Crippen LogP contribution < -0.4 is 0 Å². The summed E-state index contributed by atoms with van der Waals surface area (Å²) >= 11 is 6.14. The second-order valence-corrected chi connectivity index (χ2v) is 5.31. The number of nitrogens with zero attached hydrogens (tertiary/aromatic N) is 2. The van der Waals surface area contributed by atoms with Crippen LogP contribution >= 0.6 is 11.6 Å². The van der Waals surface area contributed by atoms with Crippen molar-refractivity contribution >= 4 is 11.6 Å². The molecule has 94 valence electrons. The molecule has 1 aliphatic rings. The zero-order valence-corrected chi connectivity index (χ0v) is 11.0. The van der Waals surface area contributed by atoms with Crippen molar-refractivity contribution in [2.24, 2.45) is 0 Å². The predicted molar refractivity (Wildman–Crippen MR) is 69.6 cm³/mol. The Kier molecular flexibility index (Phi) is 2.86. The highest BCUT2D eigenvalue weighted by Crippen LogP contribution is 2.52. The van der Waals surface area contributed by atoms with Gasteiger partial charge in [0.25, 0.3) is 0 Å². The van der Waals surface area contributed by atoms with E-state index in [4.69, 9.17) is 16.1 Å². The van der Waals surface area contributed by atoms with E-state index in [1.54, 1.807) is 0 Å². The van der Waals surface area contributed by atoms with Gasteiger partial charge in [-0.2, -0.15) is 4.98 Å². The van der Waals surface area contributed by atoms with Crippen LogP contribution in [0.5, 0.6) is 0 Å². The van der Waals surface area contributed by atoms with E-state index in [-0.39, 0.29) is 10.8 Å². The molecule has 1 aromatic heterocycles. The highest BCUT2D eigenvalue weighted by molar-refractivity contribution is 6.20. The predicted octanol–water partition coefficient (Wildman–Crippen LogP) is 3.84. The van der Waals surface area contributed by atoms with E-state index in [1.807, 2.05) is 25.1 Å². The third-order valence-electron chi connectivity index (χ3n) is 3.57. The molecular formula is C14H15ClN2O. The van der Waals surface area contributed by atoms with Crippen molar-refractivity contribution in [1.29, 1.82) is 0 Å². The van der Waals surface area contributed by atoms with Crippen LogP contribution in [0.2, 0.25) is 0 Å². The lowest BCUT2D eigenvalue weighted by Gasteiger charge is -2.09. The minimum absolute atomic E-state index is 0.0587. The first-order valence-corrected chi connectivity index (χ1v) is 6.73. The van der Waals surface area contributed by atoms with Gasteiger partial charge in [0.1, 0.15) is 0 Å². The smallest absolute Gasteiger partial charge is 0.237 e. The number of benzene rings is 1. The first-order chi connectivity index (χ1) is 8.76. The molecule has 3 rings (SSSR count). The number of hydrogen-bond acceptors (Lipinski definition) is 3. The average molecular weight is 263 g/mol. The monoisotopic (exact) mass is 262 g/mol. The maximum absolute atomic E-state index is 6.14. The lowest BCUT2D eigenvalue weighted by Crippen LogP contribution is -2.09. The van der Waals surface area contributed by atoms with Crippen LogP contribution in [-0.4, -0.2) is 10.1 Å². The van der Waals surface area contributed by atoms with Gasteiger partial charge in [0.05, 0.1) is 10.8 Å². The van der Waals surface area contributed by atoms with Gasteiger partial charge in [-0.15, -0.1) is 11.6 Å². The second-order valence-electron chi connectivity index (χ2n) is 4.78. The Balaban J connectivity index is 1.93. The van der Waals surface area contributed by atoms with E-state index in [2.05, 4.69) is 22.3 Å². The third kappa shape index (κ3) is 1.83. The van der Waals surface area contributed by atoms with E-state index < -0.39 is 0 Å². The lowest BCUT2D eigenvalue weighted by molar-refractivity contribution is 0.355. The molecule has 1 heterocycles. The van der Waals surface area contributed by atoms with Crippen molar-refractivity contribution in [1.82, 2.24) is 10.1 Å². The molecule has 0 radical (unpaired) electrons. The minimum Gasteiger partial charge on any atom is -0.338 e. The van der Waals surface area contributed by atoms with Gasteiger partial charge in [-0.05, 0) is 24.8 Å². The topological polar surface area (TPSA) is 38.9 Å². The first kappa shape index (κ1) is 11.7. The van der Waals surface area contributed by atoms with Gasteiger partial charge in [-0.25, -0.2) is 0 Å². The molecule has 0 spiro atoms. The van der Waals surface area contributed by atoms with E-state index >= 15 is 0 Å². The fraction of sp³-hybridized carbons (Fsp3) is 0.429. The third-order valence-corrected chi connectivity index (χ3v) is 4.07. The Labute approximate surface area is 111 Å². The summed E-state index contributed by atoms with van der Waals surface area (Å²) in [5, 5.41) is 3.84. The van der Waals surface area contributed by atoms with Gasteiger partial charge >= 0.3 is 0 Å². The molecule has 3 nitrogen and oxygen atoms in total. The standard InChI is InChI=1S/C14H15ClN2O/c1-2-11(15)12-16-13(18-17-12)14(8-9-14)10-6-4-3-5-7-10/h3-7,11H,2,8-9H2,1H3. The largest absolute Gasteiger partial charge is 0.338 e. The Morgan fingerprint density at radius 2 is 2.06 bits per heavy atom. The van der Waals surface area contributed by atoms with Gasteiger partial charge in [-0.3, -0.25) is 0 Å². The van der Waals surface area contributed by atoms with Crippen LogP contribution in [-0.2, 0) is 5.41 Å². The molecule has 1 aliphatic carbocycles. The zero-order chi connectivity index (χ0) is 12.6. The van der Waals surface area contributed by atoms with Gasteiger partial charge in [0.2, 0.25) is 5.89 Å². The zero-order valence-electron chi connectivity index (χ0n) is 10.3. The molecule has 0 bridgehead atoms. The van der Waals surface area contributed by atoms with Crippen molar-refractivity contribution in [3.05, 3.63) is 47.6 Å². The fourth-order valence-electron chi connectivity index (χ4n) is 2.25. The molecule has 18 heavy (non-hydrogen) atoms. The minimum atomic E-state index is -0.158. The van der Waals surface area contributed by atoms with Gasteiger partial charge in [-0.1, -0.05) is 42.4 Å². The number of aromatic nitrogens is 2. The summed E-state index contributed by atoms with van der Waals surface area (Å²) in [4.78, 5) is 4.48. The molecule has 0 amide bonds. The maximum Gasteiger partial charge on any atom is 0.237 e. The number of halogens is 1. The summed E-state index contributed by atoms with van der Waals surface area (Å²) < 4.78 is 5.42. The Bertz CT molecular complexity index is 534. The number of alkyl halides is 1. The Hall–Kier alpha value is -1.35. The van der Waals surface area contributed by atoms with Gasteiger partial charge < -0.3 is 4.52 Å². The summed E-state index contributed by atoms with van der Waals surface area (Å²) in [5.41, 5.74) is 1.19. The van der Waals surface area contributed by atoms with Crippen LogP contribution in [0, 0.1) is 0 Å². The van der Waals surface area contributed by atoms with Gasteiger partial charge in [0.15, 0.2) is 5.82 Å². The quantitative estimate of drug-likeness (QED) is 0.786. The van der Waals surface area contributed by atoms with E-state index in [9.17, 15) is 0 Å². The maximum atomic E-state index is 6.14. The normalized spacial score (nSPS) is 18.6. The fourth-order valence-corrected chi connectivity index (χ4v) is 2.34. The van der Waals surface area contributed by atoms with E-state index in [0.717, 1.165) is 19.3 Å². The molecule has 1 saturated carbocycles. The van der Waals surface area contributed by atoms with Crippen LogP contribution in [0.3, 0.4) is 0 Å². The first-order valence-electron chi connectivity index (χ1n) is 6.30. The summed E-state index contributed by atoms with van der Waals surface area (Å²) in [6.45, 7) is 2.01. The van der Waals surface area contributed by atoms with Crippen molar-refractivity contribution < 1.29 is 4.52 Å². The average Bonchev–Trinajstić information content (AvgIpc) is 3.10. The molecule has 4 heteroatoms. The van der Waals surface area contributed by atoms with Gasteiger partial charge in [0, 0.05) is 0 Å². The van der Waals surface area contributed by atoms with Crippen LogP contribution in [0.4, 0.5) is 0 Å². The number of rotatable bonds is 4. The lowest BCUT2D eigenvalue weighted by atomic mass is 9.96. The molecule has 1 unspecified atom stereocenters. The van der Waals surface area contributed by atoms with Crippen molar-refractivity contribution in [2.45, 2.75) is 37.0 Å². The van der Waals surface area contributed by atoms with E-state index in [1.165, 1.54) is 5.56 Å². The summed E-state index contributed by atoms with van der Waals surface area (Å²) in [5.74, 6) is 1.32. The molecule has 0 N–H and O–H groups in total. The summed E-state index contributed by atoms with van der Waals surface area (Å²) in [6, 6.07) is 10.3.